The molecule has 2 fully saturated rings. The maximum absolute atomic E-state index is 13.5. The number of rotatable bonds is 7. The number of amides is 2. The third kappa shape index (κ3) is 5.88. The molecule has 2 saturated heterocycles. The van der Waals surface area contributed by atoms with Gasteiger partial charge in [0.2, 0.25) is 0 Å². The van der Waals surface area contributed by atoms with Crippen molar-refractivity contribution in [3.63, 3.8) is 0 Å². The van der Waals surface area contributed by atoms with Gasteiger partial charge in [-0.15, -0.1) is 11.3 Å². The Balaban J connectivity index is 1.67. The minimum absolute atomic E-state index is 0.0178. The van der Waals surface area contributed by atoms with E-state index in [-0.39, 0.29) is 48.1 Å². The van der Waals surface area contributed by atoms with Crippen LogP contribution < -0.4 is 10.6 Å². The zero-order valence-corrected chi connectivity index (χ0v) is 21.6. The summed E-state index contributed by atoms with van der Waals surface area (Å²) in [4.78, 5) is 37.1. The Morgan fingerprint density at radius 2 is 2.11 bits per heavy atom. The van der Waals surface area contributed by atoms with E-state index in [0.717, 1.165) is 24.2 Å². The lowest BCUT2D eigenvalue weighted by molar-refractivity contribution is -0.142. The quantitative estimate of drug-likeness (QED) is 0.492. The first kappa shape index (κ1) is 27.3. The van der Waals surface area contributed by atoms with Gasteiger partial charge in [-0.05, 0) is 44.7 Å². The van der Waals surface area contributed by atoms with E-state index in [1.807, 2.05) is 6.92 Å². The fourth-order valence-electron chi connectivity index (χ4n) is 4.49. The number of alkyl halides is 3. The van der Waals surface area contributed by atoms with E-state index in [0.29, 0.717) is 22.5 Å². The Hall–Kier alpha value is -2.77. The number of thiazole rings is 1. The highest BCUT2D eigenvalue weighted by molar-refractivity contribution is 7.17. The Kier molecular flexibility index (Phi) is 8.05. The van der Waals surface area contributed by atoms with Crippen LogP contribution in [-0.2, 0) is 4.74 Å². The van der Waals surface area contributed by atoms with Gasteiger partial charge in [-0.1, -0.05) is 6.92 Å². The molecule has 4 heterocycles. The fraction of sp³-hybridized carbons (Fsp3) is 0.583. The molecule has 202 valence electrons. The van der Waals surface area contributed by atoms with Crippen molar-refractivity contribution in [2.75, 3.05) is 25.1 Å². The summed E-state index contributed by atoms with van der Waals surface area (Å²) in [6, 6.07) is -0.828. The van der Waals surface area contributed by atoms with Gasteiger partial charge in [0.05, 0.1) is 30.2 Å². The Bertz CT molecular complexity index is 1160. The Labute approximate surface area is 216 Å². The summed E-state index contributed by atoms with van der Waals surface area (Å²) in [5.41, 5.74) is 1.18. The van der Waals surface area contributed by atoms with Crippen LogP contribution in [0.25, 0.3) is 10.4 Å². The monoisotopic (exact) mass is 541 g/mol. The second kappa shape index (κ2) is 10.9. The maximum Gasteiger partial charge on any atom is 0.408 e. The summed E-state index contributed by atoms with van der Waals surface area (Å²) in [5, 5.41) is 15.1. The molecule has 0 aliphatic carbocycles. The van der Waals surface area contributed by atoms with Crippen molar-refractivity contribution in [3.05, 3.63) is 28.5 Å². The number of aliphatic hydroxyl groups excluding tert-OH is 1. The van der Waals surface area contributed by atoms with Gasteiger partial charge in [-0.25, -0.2) is 9.97 Å². The minimum atomic E-state index is -4.42. The van der Waals surface area contributed by atoms with Crippen molar-refractivity contribution in [1.29, 1.82) is 0 Å². The molecule has 2 aromatic rings. The van der Waals surface area contributed by atoms with Crippen molar-refractivity contribution in [2.45, 2.75) is 70.4 Å². The van der Waals surface area contributed by atoms with Gasteiger partial charge in [0, 0.05) is 24.3 Å². The van der Waals surface area contributed by atoms with E-state index < -0.39 is 30.3 Å². The molecule has 4 rings (SSSR count). The van der Waals surface area contributed by atoms with Gasteiger partial charge < -0.3 is 25.4 Å². The smallest absolute Gasteiger partial charge is 0.388 e. The Morgan fingerprint density at radius 3 is 2.68 bits per heavy atom. The standard InChI is InChI=1S/C24H30F3N5O4S/c1-4-17(24(25,26)27)30-18-8-12(2)14(9-28-18)20-19(23(35)32-7-5-6-13(32)3)31-22(37-20)21(34)29-15-10-36-11-16(15)33/h8-9,13,15-17,33H,4-7,10-11H2,1-3H3,(H,28,30)(H,29,34)/t13-,15+,16+,17-/m0/s1. The highest BCUT2D eigenvalue weighted by Crippen LogP contribution is 2.35. The normalized spacial score (nSPS) is 22.8. The van der Waals surface area contributed by atoms with Crippen LogP contribution in [0.2, 0.25) is 0 Å². The summed E-state index contributed by atoms with van der Waals surface area (Å²) in [6.07, 6.45) is -2.31. The van der Waals surface area contributed by atoms with Gasteiger partial charge in [0.1, 0.15) is 17.6 Å². The van der Waals surface area contributed by atoms with Crippen molar-refractivity contribution in [2.24, 2.45) is 0 Å². The minimum Gasteiger partial charge on any atom is -0.388 e. The molecule has 0 saturated carbocycles. The molecule has 2 amide bonds. The van der Waals surface area contributed by atoms with Gasteiger partial charge in [-0.2, -0.15) is 13.2 Å². The first-order valence-corrected chi connectivity index (χ1v) is 13.0. The number of halogens is 3. The number of likely N-dealkylation sites (tertiary alicyclic amines) is 1. The van der Waals surface area contributed by atoms with Gasteiger partial charge >= 0.3 is 6.18 Å². The molecule has 2 aliphatic rings. The third-order valence-corrected chi connectivity index (χ3v) is 7.77. The summed E-state index contributed by atoms with van der Waals surface area (Å²) in [7, 11) is 0. The number of nitrogens with zero attached hydrogens (tertiary/aromatic N) is 3. The molecule has 0 spiro atoms. The number of ether oxygens (including phenoxy) is 1. The van der Waals surface area contributed by atoms with Gasteiger partial charge in [-0.3, -0.25) is 9.59 Å². The van der Waals surface area contributed by atoms with Crippen LogP contribution >= 0.6 is 11.3 Å². The summed E-state index contributed by atoms with van der Waals surface area (Å²) >= 11 is 1.00. The molecule has 2 aliphatic heterocycles. The number of carbonyl (C=O) groups is 2. The number of carbonyl (C=O) groups excluding carboxylic acids is 2. The first-order valence-electron chi connectivity index (χ1n) is 12.2. The van der Waals surface area contributed by atoms with Crippen LogP contribution in [0.4, 0.5) is 19.0 Å². The predicted octanol–water partition coefficient (Wildman–Crippen LogP) is 3.38. The number of aryl methyl sites for hydroxylation is 1. The molecule has 2 aromatic heterocycles. The number of aromatic nitrogens is 2. The van der Waals surface area contributed by atoms with Crippen LogP contribution in [-0.4, -0.2) is 82.0 Å². The van der Waals surface area contributed by atoms with E-state index in [1.165, 1.54) is 19.2 Å². The average molecular weight is 542 g/mol. The molecular weight excluding hydrogens is 511 g/mol. The van der Waals surface area contributed by atoms with Gasteiger partial charge in [0.15, 0.2) is 5.01 Å². The molecule has 0 bridgehead atoms. The molecular formula is C24H30F3N5O4S. The first-order chi connectivity index (χ1) is 17.5. The van der Waals surface area contributed by atoms with E-state index in [2.05, 4.69) is 20.6 Å². The topological polar surface area (TPSA) is 117 Å². The lowest BCUT2D eigenvalue weighted by atomic mass is 10.1. The molecule has 0 aromatic carbocycles. The lowest BCUT2D eigenvalue weighted by Crippen LogP contribution is -2.42. The fourth-order valence-corrected chi connectivity index (χ4v) is 5.53. The average Bonchev–Trinajstić information content (AvgIpc) is 3.57. The largest absolute Gasteiger partial charge is 0.408 e. The van der Waals surface area contributed by atoms with Gasteiger partial charge in [0.25, 0.3) is 11.8 Å². The summed E-state index contributed by atoms with van der Waals surface area (Å²) < 4.78 is 44.8. The SMILES string of the molecule is CC[C@H](Nc1cc(C)c(-c2sc(C(=O)N[C@@H]3COC[C@H]3O)nc2C(=O)N2CCC[C@@H]2C)cn1)C(F)(F)F. The number of aliphatic hydroxyl groups is 1. The lowest BCUT2D eigenvalue weighted by Gasteiger charge is -2.22. The number of hydrogen-bond acceptors (Lipinski definition) is 8. The number of pyridine rings is 1. The number of hydrogen-bond donors (Lipinski definition) is 3. The zero-order valence-electron chi connectivity index (χ0n) is 20.8. The molecule has 4 atom stereocenters. The van der Waals surface area contributed by atoms with E-state index in [9.17, 15) is 27.9 Å². The zero-order chi connectivity index (χ0) is 26.9. The van der Waals surface area contributed by atoms with E-state index >= 15 is 0 Å². The molecule has 9 nitrogen and oxygen atoms in total. The summed E-state index contributed by atoms with van der Waals surface area (Å²) in [5.74, 6) is -0.803. The van der Waals surface area contributed by atoms with Crippen LogP contribution in [0.3, 0.4) is 0 Å². The van der Waals surface area contributed by atoms with Crippen LogP contribution in [0, 0.1) is 6.92 Å². The highest BCUT2D eigenvalue weighted by Gasteiger charge is 2.39. The van der Waals surface area contributed by atoms with Crippen LogP contribution in [0.1, 0.15) is 59.0 Å². The van der Waals surface area contributed by atoms with E-state index in [1.54, 1.807) is 11.8 Å². The highest BCUT2D eigenvalue weighted by atomic mass is 32.1. The van der Waals surface area contributed by atoms with E-state index in [4.69, 9.17) is 4.74 Å². The second-order valence-corrected chi connectivity index (χ2v) is 10.4. The maximum atomic E-state index is 13.5. The second-order valence-electron chi connectivity index (χ2n) is 9.40. The third-order valence-electron chi connectivity index (χ3n) is 6.69. The molecule has 0 radical (unpaired) electrons. The molecule has 3 N–H and O–H groups in total. The Morgan fingerprint density at radius 1 is 1.35 bits per heavy atom. The van der Waals surface area contributed by atoms with Crippen LogP contribution in [0.5, 0.6) is 0 Å². The summed E-state index contributed by atoms with van der Waals surface area (Å²) in [6.45, 7) is 5.93. The van der Waals surface area contributed by atoms with Crippen molar-refractivity contribution in [1.82, 2.24) is 20.2 Å². The van der Waals surface area contributed by atoms with Crippen molar-refractivity contribution >= 4 is 29.0 Å². The molecule has 13 heteroatoms. The van der Waals surface area contributed by atoms with Crippen molar-refractivity contribution in [3.8, 4) is 10.4 Å². The molecule has 37 heavy (non-hydrogen) atoms. The number of nitrogens with one attached hydrogen (secondary N) is 2. The van der Waals surface area contributed by atoms with Crippen molar-refractivity contribution < 1.29 is 32.6 Å². The number of anilines is 1. The van der Waals surface area contributed by atoms with Crippen LogP contribution in [0.15, 0.2) is 12.3 Å². The molecule has 0 unspecified atom stereocenters. The predicted molar refractivity (Wildman–Crippen MR) is 132 cm³/mol.